The molecule has 1 fully saturated rings. The van der Waals surface area contributed by atoms with Crippen molar-refractivity contribution in [3.63, 3.8) is 0 Å². The fourth-order valence-electron chi connectivity index (χ4n) is 4.34. The number of likely N-dealkylation sites (tertiary alicyclic amines) is 1. The molecule has 0 spiro atoms. The Kier molecular flexibility index (Phi) is 6.30. The zero-order valence-electron chi connectivity index (χ0n) is 19.4. The number of piperidine rings is 1. The Bertz CT molecular complexity index is 1240. The largest absolute Gasteiger partial charge is 0.497 e. The molecule has 2 aliphatic rings. The first-order valence-electron chi connectivity index (χ1n) is 11.0. The van der Waals surface area contributed by atoms with Crippen LogP contribution in [0.4, 0.5) is 5.69 Å². The number of amides is 1. The molecule has 174 valence electrons. The van der Waals surface area contributed by atoms with E-state index in [1.807, 2.05) is 36.9 Å². The molecule has 2 aromatic rings. The Morgan fingerprint density at radius 3 is 2.30 bits per heavy atom. The summed E-state index contributed by atoms with van der Waals surface area (Å²) >= 11 is 0. The highest BCUT2D eigenvalue weighted by molar-refractivity contribution is 8.00. The van der Waals surface area contributed by atoms with E-state index >= 15 is 0 Å². The summed E-state index contributed by atoms with van der Waals surface area (Å²) in [7, 11) is -2.21. The predicted octanol–water partition coefficient (Wildman–Crippen LogP) is 4.14. The van der Waals surface area contributed by atoms with Gasteiger partial charge in [-0.05, 0) is 86.7 Å². The van der Waals surface area contributed by atoms with Crippen LogP contribution in [0.1, 0.15) is 36.5 Å². The number of hydrogen-bond donors (Lipinski definition) is 1. The van der Waals surface area contributed by atoms with Gasteiger partial charge in [-0.1, -0.05) is 6.07 Å². The average Bonchev–Trinajstić information content (AvgIpc) is 3.05. The second-order valence-corrected chi connectivity index (χ2v) is 10.2. The third-order valence-electron chi connectivity index (χ3n) is 6.43. The minimum atomic E-state index is -3.78. The van der Waals surface area contributed by atoms with Gasteiger partial charge in [-0.3, -0.25) is 4.79 Å². The first kappa shape index (κ1) is 23.0. The van der Waals surface area contributed by atoms with Crippen LogP contribution in [0.25, 0.3) is 4.91 Å². The molecule has 4 rings (SSSR count). The molecule has 0 radical (unpaired) electrons. The minimum absolute atomic E-state index is 0.00470. The van der Waals surface area contributed by atoms with Gasteiger partial charge in [-0.15, -0.1) is 4.40 Å². The highest BCUT2D eigenvalue weighted by atomic mass is 32.2. The lowest BCUT2D eigenvalue weighted by atomic mass is 9.95. The summed E-state index contributed by atoms with van der Waals surface area (Å²) in [5.74, 6) is 1.03. The molecule has 8 heteroatoms. The van der Waals surface area contributed by atoms with Crippen LogP contribution < -0.4 is 10.1 Å². The topological polar surface area (TPSA) is 88.1 Å². The number of sulfonamides is 1. The molecule has 7 nitrogen and oxygen atoms in total. The van der Waals surface area contributed by atoms with Gasteiger partial charge in [0.05, 0.1) is 7.11 Å². The monoisotopic (exact) mass is 467 g/mol. The van der Waals surface area contributed by atoms with E-state index in [1.165, 1.54) is 5.56 Å². The number of methoxy groups -OCH3 is 1. The highest BCUT2D eigenvalue weighted by Gasteiger charge is 2.35. The normalized spacial score (nSPS) is 18.3. The van der Waals surface area contributed by atoms with Crippen LogP contribution in [0.15, 0.2) is 52.4 Å². The third-order valence-corrected chi connectivity index (χ3v) is 7.90. The summed E-state index contributed by atoms with van der Waals surface area (Å²) in [6, 6.07) is 12.8. The minimum Gasteiger partial charge on any atom is -0.497 e. The summed E-state index contributed by atoms with van der Waals surface area (Å²) in [5, 5.41) is 3.02. The Balaban J connectivity index is 1.45. The lowest BCUT2D eigenvalue weighted by molar-refractivity contribution is -0.120. The van der Waals surface area contributed by atoms with Crippen molar-refractivity contribution in [2.75, 3.05) is 25.5 Å². The van der Waals surface area contributed by atoms with Crippen LogP contribution in [0.5, 0.6) is 5.75 Å². The molecular formula is C25H29N3O4S. The summed E-state index contributed by atoms with van der Waals surface area (Å²) in [6.07, 6.45) is 1.28. The van der Waals surface area contributed by atoms with Crippen LogP contribution in [0, 0.1) is 19.8 Å². The molecule has 33 heavy (non-hydrogen) atoms. The first-order valence-corrected chi connectivity index (χ1v) is 12.5. The van der Waals surface area contributed by atoms with Gasteiger partial charge in [0, 0.05) is 30.3 Å². The number of anilines is 1. The standard InChI is InChI=1S/C25H29N3O4S/c1-16-5-8-21(15-17(16)2)26-25(29)20-11-13-28(14-12-20)24-18(3)23(33(30,31)27-24)19-6-9-22(32-4)10-7-19/h5-10,15,20H,11-14H2,1-4H3,(H,26,29). The number of aryl methyl sites for hydroxylation is 2. The fraction of sp³-hybridized carbons (Fsp3) is 0.360. The van der Waals surface area contributed by atoms with Gasteiger partial charge in [-0.2, -0.15) is 8.42 Å². The van der Waals surface area contributed by atoms with Gasteiger partial charge in [0.2, 0.25) is 5.91 Å². The third kappa shape index (κ3) is 4.66. The number of carbonyl (C=O) groups is 1. The molecule has 0 aromatic heterocycles. The van der Waals surface area contributed by atoms with E-state index in [9.17, 15) is 13.2 Å². The van der Waals surface area contributed by atoms with Crippen molar-refractivity contribution in [1.82, 2.24) is 4.90 Å². The molecule has 0 unspecified atom stereocenters. The summed E-state index contributed by atoms with van der Waals surface area (Å²) < 4.78 is 34.9. The highest BCUT2D eigenvalue weighted by Crippen LogP contribution is 2.35. The van der Waals surface area contributed by atoms with Crippen molar-refractivity contribution >= 4 is 32.4 Å². The van der Waals surface area contributed by atoms with Crippen molar-refractivity contribution in [2.24, 2.45) is 10.3 Å². The SMILES string of the molecule is COc1ccc(C2=C(C)C(N3CCC(C(=O)Nc4ccc(C)c(C)c4)CC3)=NS2(=O)=O)cc1. The maximum Gasteiger partial charge on any atom is 0.285 e. The maximum atomic E-state index is 12.8. The molecule has 0 aliphatic carbocycles. The van der Waals surface area contributed by atoms with Gasteiger partial charge >= 0.3 is 0 Å². The molecule has 2 aromatic carbocycles. The van der Waals surface area contributed by atoms with Crippen molar-refractivity contribution < 1.29 is 17.9 Å². The van der Waals surface area contributed by atoms with E-state index in [4.69, 9.17) is 4.74 Å². The lowest BCUT2D eigenvalue weighted by Gasteiger charge is -2.32. The van der Waals surface area contributed by atoms with E-state index in [-0.39, 0.29) is 16.7 Å². The zero-order valence-corrected chi connectivity index (χ0v) is 20.2. The maximum absolute atomic E-state index is 12.8. The molecule has 1 N–H and O–H groups in total. The molecular weight excluding hydrogens is 438 g/mol. The number of carbonyl (C=O) groups excluding carboxylic acids is 1. The molecule has 1 saturated heterocycles. The van der Waals surface area contributed by atoms with Crippen molar-refractivity contribution in [3.05, 3.63) is 64.7 Å². The zero-order chi connectivity index (χ0) is 23.8. The van der Waals surface area contributed by atoms with E-state index in [0.29, 0.717) is 48.7 Å². The van der Waals surface area contributed by atoms with Gasteiger partial charge in [0.25, 0.3) is 10.0 Å². The predicted molar refractivity (Wildman–Crippen MR) is 131 cm³/mol. The Labute approximate surface area is 195 Å². The molecule has 0 bridgehead atoms. The molecule has 0 saturated carbocycles. The number of ether oxygens (including phenoxy) is 1. The van der Waals surface area contributed by atoms with Gasteiger partial charge in [0.15, 0.2) is 0 Å². The molecule has 2 aliphatic heterocycles. The van der Waals surface area contributed by atoms with E-state index in [0.717, 1.165) is 11.3 Å². The number of nitrogens with zero attached hydrogens (tertiary/aromatic N) is 2. The fourth-order valence-corrected chi connectivity index (χ4v) is 5.83. The summed E-state index contributed by atoms with van der Waals surface area (Å²) in [5.41, 5.74) is 4.36. The number of amidine groups is 1. The van der Waals surface area contributed by atoms with E-state index in [1.54, 1.807) is 38.3 Å². The lowest BCUT2D eigenvalue weighted by Crippen LogP contribution is -2.41. The Morgan fingerprint density at radius 1 is 1.03 bits per heavy atom. The van der Waals surface area contributed by atoms with Crippen molar-refractivity contribution in [2.45, 2.75) is 33.6 Å². The quantitative estimate of drug-likeness (QED) is 0.730. The smallest absolute Gasteiger partial charge is 0.285 e. The molecule has 1 amide bonds. The molecule has 0 atom stereocenters. The van der Waals surface area contributed by atoms with Crippen LogP contribution in [0.2, 0.25) is 0 Å². The second-order valence-electron chi connectivity index (χ2n) is 8.62. The van der Waals surface area contributed by atoms with Crippen molar-refractivity contribution in [1.29, 1.82) is 0 Å². The number of hydrogen-bond acceptors (Lipinski definition) is 5. The van der Waals surface area contributed by atoms with Gasteiger partial charge in [0.1, 0.15) is 16.5 Å². The van der Waals surface area contributed by atoms with E-state index < -0.39 is 10.0 Å². The number of rotatable bonds is 4. The molecule has 2 heterocycles. The summed E-state index contributed by atoms with van der Waals surface area (Å²) in [4.78, 5) is 15.0. The van der Waals surface area contributed by atoms with Crippen LogP contribution in [0.3, 0.4) is 0 Å². The van der Waals surface area contributed by atoms with Gasteiger partial charge < -0.3 is 15.0 Å². The Morgan fingerprint density at radius 2 is 1.70 bits per heavy atom. The average molecular weight is 468 g/mol. The second kappa shape index (κ2) is 9.02. The first-order chi connectivity index (χ1) is 15.7. The summed E-state index contributed by atoms with van der Waals surface area (Å²) in [6.45, 7) is 7.01. The number of benzene rings is 2. The number of nitrogens with one attached hydrogen (secondary N) is 1. The Hall–Kier alpha value is -3.13. The van der Waals surface area contributed by atoms with Crippen molar-refractivity contribution in [3.8, 4) is 5.75 Å². The van der Waals surface area contributed by atoms with Crippen LogP contribution in [-0.4, -0.2) is 45.3 Å². The van der Waals surface area contributed by atoms with Crippen LogP contribution >= 0.6 is 0 Å². The van der Waals surface area contributed by atoms with Crippen LogP contribution in [-0.2, 0) is 14.8 Å². The van der Waals surface area contributed by atoms with Gasteiger partial charge in [-0.25, -0.2) is 0 Å². The van der Waals surface area contributed by atoms with E-state index in [2.05, 4.69) is 9.71 Å².